The van der Waals surface area contributed by atoms with Crippen molar-refractivity contribution >= 4 is 39.4 Å². The number of rotatable bonds is 6. The van der Waals surface area contributed by atoms with Crippen molar-refractivity contribution in [2.24, 2.45) is 0 Å². The molecule has 34 heavy (non-hydrogen) atoms. The van der Waals surface area contributed by atoms with Crippen LogP contribution in [0, 0.1) is 12.7 Å². The van der Waals surface area contributed by atoms with E-state index in [1.54, 1.807) is 16.9 Å². The Balaban J connectivity index is 1.49. The zero-order valence-corrected chi connectivity index (χ0v) is 19.2. The van der Waals surface area contributed by atoms with E-state index in [-0.39, 0.29) is 28.7 Å². The standard InChI is InChI=1S/C24H20ClFN6O2/c1-13-8-15-14(4-3-5-19(15)27-9-13)11-32-12-17-22(29-24(33)30-23(17)31-32)28-10-16-18(25)6-7-20(34-2)21(16)26/h3-9,12H,10-11H2,1-2H3,(H2,28,29,30,31,33). The smallest absolute Gasteiger partial charge is 0.348 e. The Kier molecular flexibility index (Phi) is 5.62. The van der Waals surface area contributed by atoms with Crippen LogP contribution in [0.1, 0.15) is 16.7 Å². The van der Waals surface area contributed by atoms with Crippen LogP contribution in [0.15, 0.2) is 53.6 Å². The number of anilines is 1. The van der Waals surface area contributed by atoms with E-state index in [0.717, 1.165) is 22.0 Å². The summed E-state index contributed by atoms with van der Waals surface area (Å²) in [5.74, 6) is -0.212. The molecule has 0 spiro atoms. The number of hydrogen-bond acceptors (Lipinski definition) is 6. The minimum atomic E-state index is -0.570. The molecule has 5 aromatic rings. The largest absolute Gasteiger partial charge is 0.494 e. The second kappa shape index (κ2) is 8.75. The minimum Gasteiger partial charge on any atom is -0.494 e. The number of H-pyrrole nitrogens is 1. The van der Waals surface area contributed by atoms with Gasteiger partial charge in [0.25, 0.3) is 0 Å². The molecule has 172 valence electrons. The van der Waals surface area contributed by atoms with Gasteiger partial charge in [0.05, 0.1) is 24.6 Å². The van der Waals surface area contributed by atoms with Crippen LogP contribution in [0.2, 0.25) is 5.02 Å². The molecule has 0 bridgehead atoms. The van der Waals surface area contributed by atoms with Crippen LogP contribution in [0.4, 0.5) is 10.2 Å². The van der Waals surface area contributed by atoms with E-state index in [2.05, 4.69) is 31.4 Å². The van der Waals surface area contributed by atoms with E-state index in [4.69, 9.17) is 16.3 Å². The van der Waals surface area contributed by atoms with Crippen molar-refractivity contribution in [3.8, 4) is 5.75 Å². The van der Waals surface area contributed by atoms with Gasteiger partial charge in [-0.15, -0.1) is 0 Å². The number of aryl methyl sites for hydroxylation is 1. The molecule has 3 heterocycles. The molecule has 2 aromatic carbocycles. The first-order valence-corrected chi connectivity index (χ1v) is 10.9. The van der Waals surface area contributed by atoms with E-state index in [9.17, 15) is 9.18 Å². The average Bonchev–Trinajstić information content (AvgIpc) is 3.21. The van der Waals surface area contributed by atoms with Gasteiger partial charge < -0.3 is 10.1 Å². The van der Waals surface area contributed by atoms with Gasteiger partial charge in [-0.05, 0) is 42.3 Å². The van der Waals surface area contributed by atoms with Crippen LogP contribution in [-0.4, -0.2) is 31.8 Å². The van der Waals surface area contributed by atoms with Gasteiger partial charge in [-0.1, -0.05) is 23.7 Å². The first kappa shape index (κ1) is 21.8. The van der Waals surface area contributed by atoms with Crippen LogP contribution in [0.5, 0.6) is 5.75 Å². The maximum atomic E-state index is 14.7. The predicted octanol–water partition coefficient (Wildman–Crippen LogP) is 4.44. The van der Waals surface area contributed by atoms with Gasteiger partial charge >= 0.3 is 5.69 Å². The number of aromatic nitrogens is 5. The number of aromatic amines is 1. The highest BCUT2D eigenvalue weighted by atomic mass is 35.5. The van der Waals surface area contributed by atoms with Crippen molar-refractivity contribution in [1.29, 1.82) is 0 Å². The summed E-state index contributed by atoms with van der Waals surface area (Å²) in [6.45, 7) is 2.47. The zero-order valence-electron chi connectivity index (χ0n) is 18.4. The normalized spacial score (nSPS) is 11.3. The quantitative estimate of drug-likeness (QED) is 0.374. The fourth-order valence-electron chi connectivity index (χ4n) is 3.89. The van der Waals surface area contributed by atoms with Crippen molar-refractivity contribution < 1.29 is 9.13 Å². The van der Waals surface area contributed by atoms with Crippen molar-refractivity contribution in [2.45, 2.75) is 20.0 Å². The molecule has 0 aliphatic rings. The molecule has 0 atom stereocenters. The molecule has 3 aromatic heterocycles. The molecular weight excluding hydrogens is 459 g/mol. The molecule has 0 unspecified atom stereocenters. The van der Waals surface area contributed by atoms with E-state index < -0.39 is 11.5 Å². The molecule has 8 nitrogen and oxygen atoms in total. The van der Waals surface area contributed by atoms with E-state index in [0.29, 0.717) is 17.6 Å². The molecule has 0 aliphatic heterocycles. The van der Waals surface area contributed by atoms with Gasteiger partial charge in [0.15, 0.2) is 17.2 Å². The Labute approximate surface area is 198 Å². The first-order valence-electron chi connectivity index (χ1n) is 10.5. The fraction of sp³-hybridized carbons (Fsp3) is 0.167. The molecular formula is C24H20ClFN6O2. The lowest BCUT2D eigenvalue weighted by Crippen LogP contribution is -2.14. The van der Waals surface area contributed by atoms with Crippen molar-refractivity contribution in [1.82, 2.24) is 24.7 Å². The SMILES string of the molecule is COc1ccc(Cl)c(CNc2nc(=O)[nH]c3nn(Cc4cccc5ncc(C)cc45)cc23)c1F. The number of fused-ring (bicyclic) bond motifs is 2. The monoisotopic (exact) mass is 478 g/mol. The number of nitrogens with zero attached hydrogens (tertiary/aromatic N) is 4. The molecule has 0 aliphatic carbocycles. The second-order valence-corrected chi connectivity index (χ2v) is 8.28. The molecule has 2 N–H and O–H groups in total. The van der Waals surface area contributed by atoms with Gasteiger partial charge in [0, 0.05) is 34.9 Å². The van der Waals surface area contributed by atoms with Gasteiger partial charge in [-0.25, -0.2) is 9.18 Å². The average molecular weight is 479 g/mol. The van der Waals surface area contributed by atoms with Crippen LogP contribution >= 0.6 is 11.6 Å². The van der Waals surface area contributed by atoms with Crippen LogP contribution in [-0.2, 0) is 13.1 Å². The summed E-state index contributed by atoms with van der Waals surface area (Å²) in [7, 11) is 1.38. The molecule has 0 radical (unpaired) electrons. The first-order chi connectivity index (χ1) is 16.4. The van der Waals surface area contributed by atoms with Crippen LogP contribution < -0.4 is 15.7 Å². The molecule has 0 saturated carbocycles. The second-order valence-electron chi connectivity index (χ2n) is 7.87. The van der Waals surface area contributed by atoms with Gasteiger partial charge in [-0.2, -0.15) is 10.1 Å². The third kappa shape index (κ3) is 4.06. The van der Waals surface area contributed by atoms with Crippen molar-refractivity contribution in [2.75, 3.05) is 12.4 Å². The summed E-state index contributed by atoms with van der Waals surface area (Å²) in [5.41, 5.74) is 3.01. The number of hydrogen-bond donors (Lipinski definition) is 2. The Morgan fingerprint density at radius 1 is 1.24 bits per heavy atom. The number of halogens is 2. The molecule has 0 saturated heterocycles. The Morgan fingerprint density at radius 2 is 2.09 bits per heavy atom. The van der Waals surface area contributed by atoms with Gasteiger partial charge in [0.2, 0.25) is 0 Å². The Hall–Kier alpha value is -3.98. The lowest BCUT2D eigenvalue weighted by molar-refractivity contribution is 0.384. The van der Waals surface area contributed by atoms with Gasteiger partial charge in [0.1, 0.15) is 5.82 Å². The zero-order chi connectivity index (χ0) is 23.8. The van der Waals surface area contributed by atoms with Crippen LogP contribution in [0.3, 0.4) is 0 Å². The summed E-state index contributed by atoms with van der Waals surface area (Å²) >= 11 is 6.18. The summed E-state index contributed by atoms with van der Waals surface area (Å²) in [5, 5.41) is 9.40. The van der Waals surface area contributed by atoms with Crippen molar-refractivity contribution in [3.05, 3.63) is 86.8 Å². The molecule has 0 fully saturated rings. The maximum absolute atomic E-state index is 14.7. The predicted molar refractivity (Wildman–Crippen MR) is 129 cm³/mol. The topological polar surface area (TPSA) is 97.7 Å². The number of methoxy groups -OCH3 is 1. The minimum absolute atomic E-state index is 0.00681. The summed E-state index contributed by atoms with van der Waals surface area (Å²) < 4.78 is 21.4. The Morgan fingerprint density at radius 3 is 2.91 bits per heavy atom. The maximum Gasteiger partial charge on any atom is 0.348 e. The molecule has 5 rings (SSSR count). The highest BCUT2D eigenvalue weighted by molar-refractivity contribution is 6.31. The van der Waals surface area contributed by atoms with Gasteiger partial charge in [-0.3, -0.25) is 14.6 Å². The van der Waals surface area contributed by atoms with Crippen LogP contribution in [0.25, 0.3) is 21.9 Å². The molecule has 10 heteroatoms. The van der Waals surface area contributed by atoms with E-state index >= 15 is 0 Å². The third-order valence-electron chi connectivity index (χ3n) is 5.54. The van der Waals surface area contributed by atoms with Crippen molar-refractivity contribution in [3.63, 3.8) is 0 Å². The summed E-state index contributed by atoms with van der Waals surface area (Å²) in [6.07, 6.45) is 3.62. The van der Waals surface area contributed by atoms with E-state index in [1.807, 2.05) is 31.3 Å². The molecule has 0 amide bonds. The summed E-state index contributed by atoms with van der Waals surface area (Å²) in [4.78, 5) is 23.3. The lowest BCUT2D eigenvalue weighted by atomic mass is 10.1. The highest BCUT2D eigenvalue weighted by Crippen LogP contribution is 2.28. The number of nitrogens with one attached hydrogen (secondary N) is 2. The number of benzene rings is 2. The number of ether oxygens (including phenoxy) is 1. The highest BCUT2D eigenvalue weighted by Gasteiger charge is 2.16. The Bertz CT molecular complexity index is 1600. The van der Waals surface area contributed by atoms with E-state index in [1.165, 1.54) is 13.2 Å². The number of pyridine rings is 1. The fourth-order valence-corrected chi connectivity index (χ4v) is 4.10. The summed E-state index contributed by atoms with van der Waals surface area (Å²) in [6, 6.07) is 11.0. The third-order valence-corrected chi connectivity index (χ3v) is 5.90. The lowest BCUT2D eigenvalue weighted by Gasteiger charge is -2.11.